The van der Waals surface area contributed by atoms with E-state index in [0.29, 0.717) is 5.69 Å². The number of benzene rings is 1. The van der Waals surface area contributed by atoms with E-state index in [1.165, 1.54) is 12.5 Å². The van der Waals surface area contributed by atoms with Gasteiger partial charge in [-0.1, -0.05) is 22.0 Å². The Hall–Kier alpha value is -1.95. The van der Waals surface area contributed by atoms with E-state index in [0.717, 1.165) is 4.47 Å². The Balaban J connectivity index is 2.23. The second kappa shape index (κ2) is 4.92. The minimum absolute atomic E-state index is 0.0209. The molecule has 2 N–H and O–H groups in total. The second-order valence-corrected chi connectivity index (χ2v) is 4.17. The molecule has 0 unspecified atom stereocenters. The maximum absolute atomic E-state index is 11.8. The molecule has 6 heteroatoms. The first-order valence-corrected chi connectivity index (χ1v) is 5.56. The van der Waals surface area contributed by atoms with E-state index in [2.05, 4.69) is 31.2 Å². The van der Waals surface area contributed by atoms with Crippen LogP contribution in [0.25, 0.3) is 0 Å². The number of carbonyl (C=O) groups excluding carboxylic acids is 1. The van der Waals surface area contributed by atoms with E-state index < -0.39 is 11.5 Å². The van der Waals surface area contributed by atoms with Crippen LogP contribution in [-0.4, -0.2) is 15.9 Å². The second-order valence-electron chi connectivity index (χ2n) is 3.26. The molecule has 0 aliphatic carbocycles. The van der Waals surface area contributed by atoms with Crippen molar-refractivity contribution in [3.8, 4) is 0 Å². The minimum Gasteiger partial charge on any atom is -0.322 e. The van der Waals surface area contributed by atoms with E-state index in [1.54, 1.807) is 18.2 Å². The molecule has 1 heterocycles. The van der Waals surface area contributed by atoms with Gasteiger partial charge in [0.25, 0.3) is 11.5 Å². The van der Waals surface area contributed by atoms with Crippen LogP contribution in [0.2, 0.25) is 0 Å². The number of halogens is 1. The third kappa shape index (κ3) is 2.79. The van der Waals surface area contributed by atoms with Gasteiger partial charge in [0.1, 0.15) is 5.56 Å². The molecule has 86 valence electrons. The largest absolute Gasteiger partial charge is 0.322 e. The van der Waals surface area contributed by atoms with E-state index in [9.17, 15) is 9.59 Å². The summed E-state index contributed by atoms with van der Waals surface area (Å²) in [5.74, 6) is -0.488. The standard InChI is InChI=1S/C11H8BrN3O2/c12-7-2-1-3-8(4-7)15-11(17)9-5-13-6-14-10(9)16/h1-6H,(H,15,17)(H,13,14,16). The minimum atomic E-state index is -0.488. The first kappa shape index (κ1) is 11.5. The number of anilines is 1. The summed E-state index contributed by atoms with van der Waals surface area (Å²) in [6, 6.07) is 7.09. The Morgan fingerprint density at radius 1 is 1.41 bits per heavy atom. The lowest BCUT2D eigenvalue weighted by Crippen LogP contribution is -2.23. The van der Waals surface area contributed by atoms with Crippen LogP contribution in [0.4, 0.5) is 5.69 Å². The number of aromatic nitrogens is 2. The van der Waals surface area contributed by atoms with Gasteiger partial charge in [0, 0.05) is 16.4 Å². The van der Waals surface area contributed by atoms with Crippen molar-refractivity contribution in [2.75, 3.05) is 5.32 Å². The zero-order valence-corrected chi connectivity index (χ0v) is 10.2. The Bertz CT molecular complexity index is 609. The summed E-state index contributed by atoms with van der Waals surface area (Å²) in [4.78, 5) is 29.2. The molecule has 5 nitrogen and oxygen atoms in total. The maximum atomic E-state index is 11.8. The Kier molecular flexibility index (Phi) is 3.34. The zero-order chi connectivity index (χ0) is 12.3. The molecule has 0 saturated heterocycles. The van der Waals surface area contributed by atoms with Crippen molar-refractivity contribution in [3.63, 3.8) is 0 Å². The molecular weight excluding hydrogens is 286 g/mol. The van der Waals surface area contributed by atoms with Crippen LogP contribution in [-0.2, 0) is 0 Å². The van der Waals surface area contributed by atoms with Gasteiger partial charge in [0.05, 0.1) is 6.33 Å². The highest BCUT2D eigenvalue weighted by atomic mass is 79.9. The molecule has 1 aromatic heterocycles. The summed E-state index contributed by atoms with van der Waals surface area (Å²) in [5, 5.41) is 2.61. The number of carbonyl (C=O) groups is 1. The van der Waals surface area contributed by atoms with Crippen molar-refractivity contribution >= 4 is 27.5 Å². The number of hydrogen-bond donors (Lipinski definition) is 2. The summed E-state index contributed by atoms with van der Waals surface area (Å²) in [7, 11) is 0. The van der Waals surface area contributed by atoms with Gasteiger partial charge in [0.2, 0.25) is 0 Å². The number of nitrogens with one attached hydrogen (secondary N) is 2. The third-order valence-electron chi connectivity index (χ3n) is 2.05. The lowest BCUT2D eigenvalue weighted by Gasteiger charge is -2.04. The summed E-state index contributed by atoms with van der Waals surface area (Å²) < 4.78 is 0.843. The molecule has 1 aromatic carbocycles. The Morgan fingerprint density at radius 2 is 2.24 bits per heavy atom. The molecule has 0 bridgehead atoms. The lowest BCUT2D eigenvalue weighted by atomic mass is 10.3. The molecule has 2 rings (SSSR count). The van der Waals surface area contributed by atoms with Crippen LogP contribution >= 0.6 is 15.9 Å². The molecule has 17 heavy (non-hydrogen) atoms. The number of rotatable bonds is 2. The first-order valence-electron chi connectivity index (χ1n) is 4.76. The summed E-state index contributed by atoms with van der Waals surface area (Å²) >= 11 is 3.29. The fourth-order valence-corrected chi connectivity index (χ4v) is 1.67. The number of hydrogen-bond acceptors (Lipinski definition) is 3. The average molecular weight is 294 g/mol. The number of nitrogens with zero attached hydrogens (tertiary/aromatic N) is 1. The highest BCUT2D eigenvalue weighted by Gasteiger charge is 2.10. The monoisotopic (exact) mass is 293 g/mol. The van der Waals surface area contributed by atoms with Gasteiger partial charge >= 0.3 is 0 Å². The molecule has 1 amide bonds. The topological polar surface area (TPSA) is 74.8 Å². The first-order chi connectivity index (χ1) is 8.16. The van der Waals surface area contributed by atoms with Crippen LogP contribution in [0.15, 0.2) is 46.1 Å². The normalized spacial score (nSPS) is 9.94. The number of aromatic amines is 1. The predicted molar refractivity (Wildman–Crippen MR) is 67.0 cm³/mol. The van der Waals surface area contributed by atoms with Crippen molar-refractivity contribution in [3.05, 3.63) is 57.2 Å². The van der Waals surface area contributed by atoms with Crippen LogP contribution in [0.5, 0.6) is 0 Å². The van der Waals surface area contributed by atoms with E-state index in [1.807, 2.05) is 6.07 Å². The number of H-pyrrole nitrogens is 1. The van der Waals surface area contributed by atoms with E-state index in [-0.39, 0.29) is 5.56 Å². The molecule has 2 aromatic rings. The summed E-state index contributed by atoms with van der Waals surface area (Å²) in [6.07, 6.45) is 2.46. The van der Waals surface area contributed by atoms with Crippen LogP contribution < -0.4 is 10.9 Å². The van der Waals surface area contributed by atoms with Crippen LogP contribution in [0, 0.1) is 0 Å². The van der Waals surface area contributed by atoms with Gasteiger partial charge in [-0.3, -0.25) is 9.59 Å². The van der Waals surface area contributed by atoms with Gasteiger partial charge in [-0.15, -0.1) is 0 Å². The molecule has 0 aliphatic rings. The highest BCUT2D eigenvalue weighted by Crippen LogP contribution is 2.15. The fourth-order valence-electron chi connectivity index (χ4n) is 1.27. The zero-order valence-electron chi connectivity index (χ0n) is 8.61. The van der Waals surface area contributed by atoms with Crippen LogP contribution in [0.1, 0.15) is 10.4 Å². The van der Waals surface area contributed by atoms with E-state index >= 15 is 0 Å². The quantitative estimate of drug-likeness (QED) is 0.886. The van der Waals surface area contributed by atoms with Gasteiger partial charge in [-0.25, -0.2) is 4.98 Å². The van der Waals surface area contributed by atoms with Gasteiger partial charge in [-0.2, -0.15) is 0 Å². The molecular formula is C11H8BrN3O2. The van der Waals surface area contributed by atoms with Gasteiger partial charge < -0.3 is 10.3 Å². The van der Waals surface area contributed by atoms with Crippen LogP contribution in [0.3, 0.4) is 0 Å². The SMILES string of the molecule is O=C(Nc1cccc(Br)c1)c1cnc[nH]c1=O. The lowest BCUT2D eigenvalue weighted by molar-refractivity contribution is 0.102. The van der Waals surface area contributed by atoms with Crippen molar-refractivity contribution < 1.29 is 4.79 Å². The van der Waals surface area contributed by atoms with Crippen molar-refractivity contribution in [2.45, 2.75) is 0 Å². The Morgan fingerprint density at radius 3 is 2.94 bits per heavy atom. The van der Waals surface area contributed by atoms with Gasteiger partial charge in [0.15, 0.2) is 0 Å². The van der Waals surface area contributed by atoms with E-state index in [4.69, 9.17) is 0 Å². The maximum Gasteiger partial charge on any atom is 0.263 e. The molecule has 0 fully saturated rings. The summed E-state index contributed by atoms with van der Waals surface area (Å²) in [5.41, 5.74) is 0.118. The van der Waals surface area contributed by atoms with Gasteiger partial charge in [-0.05, 0) is 18.2 Å². The van der Waals surface area contributed by atoms with Crippen molar-refractivity contribution in [2.24, 2.45) is 0 Å². The third-order valence-corrected chi connectivity index (χ3v) is 2.54. The summed E-state index contributed by atoms with van der Waals surface area (Å²) in [6.45, 7) is 0. The number of amides is 1. The highest BCUT2D eigenvalue weighted by molar-refractivity contribution is 9.10. The smallest absolute Gasteiger partial charge is 0.263 e. The Labute approximate surface area is 105 Å². The molecule has 0 saturated carbocycles. The predicted octanol–water partition coefficient (Wildman–Crippen LogP) is 1.78. The molecule has 0 aliphatic heterocycles. The van der Waals surface area contributed by atoms with Crippen molar-refractivity contribution in [1.29, 1.82) is 0 Å². The molecule has 0 radical (unpaired) electrons. The van der Waals surface area contributed by atoms with Crippen molar-refractivity contribution in [1.82, 2.24) is 9.97 Å². The fraction of sp³-hybridized carbons (Fsp3) is 0. The average Bonchev–Trinajstić information content (AvgIpc) is 2.29. The molecule has 0 atom stereocenters. The molecule has 0 spiro atoms.